The van der Waals surface area contributed by atoms with Gasteiger partial charge < -0.3 is 24.9 Å². The maximum atomic E-state index is 10.3. The quantitative estimate of drug-likeness (QED) is 0.343. The number of thiazole rings is 1. The van der Waals surface area contributed by atoms with E-state index in [1.165, 1.54) is 11.3 Å². The molecule has 0 unspecified atom stereocenters. The van der Waals surface area contributed by atoms with Crippen molar-refractivity contribution < 1.29 is 28.7 Å². The van der Waals surface area contributed by atoms with Gasteiger partial charge in [0.2, 0.25) is 0 Å². The van der Waals surface area contributed by atoms with Crippen molar-refractivity contribution in [2.24, 2.45) is 0 Å². The van der Waals surface area contributed by atoms with Crippen molar-refractivity contribution in [3.8, 4) is 0 Å². The molecule has 5 N–H and O–H groups in total. The number of nitrogens with one attached hydrogen (secondary N) is 1. The van der Waals surface area contributed by atoms with Gasteiger partial charge in [0.1, 0.15) is 6.29 Å². The van der Waals surface area contributed by atoms with Crippen LogP contribution in [-0.4, -0.2) is 90.0 Å². The molecule has 0 spiro atoms. The van der Waals surface area contributed by atoms with Crippen LogP contribution < -0.4 is 5.32 Å². The number of hydrogen-bond donors (Lipinski definition) is 5. The second-order valence-electron chi connectivity index (χ2n) is 2.12. The first-order chi connectivity index (χ1) is 6.81. The van der Waals surface area contributed by atoms with E-state index in [2.05, 4.69) is 10.3 Å². The fourth-order valence-corrected chi connectivity index (χ4v) is 1.47. The van der Waals surface area contributed by atoms with Crippen molar-refractivity contribution in [2.75, 3.05) is 11.6 Å². The van der Waals surface area contributed by atoms with Crippen LogP contribution >= 0.6 is 27.2 Å². The Bertz CT molecular complexity index is 342. The summed E-state index contributed by atoms with van der Waals surface area (Å²) in [5.74, 6) is 0. The molecule has 92 valence electrons. The normalized spacial score (nSPS) is 9.47. The van der Waals surface area contributed by atoms with E-state index in [0.717, 1.165) is 0 Å². The van der Waals surface area contributed by atoms with Crippen molar-refractivity contribution >= 4 is 91.4 Å². The second-order valence-corrected chi connectivity index (χ2v) is 5.22. The topological polar surface area (TPSA) is 140 Å². The number of nitrogens with zero attached hydrogens (tertiary/aromatic N) is 1. The zero-order chi connectivity index (χ0) is 11.9. The SMILES string of the molecule is O=P(O)(O)CNc1nccs1.O=[PH](O)O.[NaH].[NaH]. The molecule has 8 nitrogen and oxygen atoms in total. The molecular formula is C4H12N2Na2O6P2S. The molecule has 1 rings (SSSR count). The minimum atomic E-state index is -3.95. The van der Waals surface area contributed by atoms with Crippen LogP contribution in [0.2, 0.25) is 0 Å². The predicted molar refractivity (Wildman–Crippen MR) is 70.4 cm³/mol. The van der Waals surface area contributed by atoms with Gasteiger partial charge in [-0.05, 0) is 0 Å². The van der Waals surface area contributed by atoms with E-state index in [1.54, 1.807) is 11.6 Å². The fraction of sp³-hybridized carbons (Fsp3) is 0.250. The molecule has 0 bridgehead atoms. The first-order valence-electron chi connectivity index (χ1n) is 3.41. The van der Waals surface area contributed by atoms with Crippen LogP contribution in [0.3, 0.4) is 0 Å². The standard InChI is InChI=1S/C4H7N2O3PS.2Na.H3O3P.2H/c7-10(8,9)3-6-4-5-1-2-11-4;;;1-4(2)3;;/h1-2H,3H2,(H,5,6)(H2,7,8,9);;;4H,(H2,1,2,3);;. The fourth-order valence-electron chi connectivity index (χ4n) is 0.481. The van der Waals surface area contributed by atoms with Crippen LogP contribution in [-0.2, 0) is 9.13 Å². The van der Waals surface area contributed by atoms with Crippen LogP contribution in [0.15, 0.2) is 11.6 Å². The van der Waals surface area contributed by atoms with E-state index < -0.39 is 15.9 Å². The average Bonchev–Trinajstić information content (AvgIpc) is 2.49. The van der Waals surface area contributed by atoms with Crippen LogP contribution in [0.1, 0.15) is 0 Å². The summed E-state index contributed by atoms with van der Waals surface area (Å²) in [6.07, 6.45) is 1.20. The Labute approximate surface area is 147 Å². The molecule has 1 heterocycles. The number of hydrogen-bond acceptors (Lipinski definition) is 5. The summed E-state index contributed by atoms with van der Waals surface area (Å²) in [7, 11) is -7.08. The molecule has 0 fully saturated rings. The molecule has 17 heavy (non-hydrogen) atoms. The third-order valence-corrected chi connectivity index (χ3v) is 2.17. The van der Waals surface area contributed by atoms with Crippen LogP contribution in [0.25, 0.3) is 0 Å². The van der Waals surface area contributed by atoms with Gasteiger partial charge in [0.25, 0.3) is 0 Å². The van der Waals surface area contributed by atoms with Crippen LogP contribution in [0, 0.1) is 0 Å². The summed E-state index contributed by atoms with van der Waals surface area (Å²) in [6, 6.07) is 0. The minimum absolute atomic E-state index is 0. The average molecular weight is 324 g/mol. The zero-order valence-corrected chi connectivity index (χ0v) is 9.98. The van der Waals surface area contributed by atoms with Crippen molar-refractivity contribution in [1.82, 2.24) is 4.98 Å². The van der Waals surface area contributed by atoms with E-state index in [1.807, 2.05) is 0 Å². The van der Waals surface area contributed by atoms with Gasteiger partial charge in [-0.2, -0.15) is 0 Å². The molecule has 0 saturated carbocycles. The summed E-state index contributed by atoms with van der Waals surface area (Å²) in [5, 5.41) is 4.75. The van der Waals surface area contributed by atoms with Gasteiger partial charge in [-0.15, -0.1) is 11.3 Å². The Balaban J connectivity index is -0.000000289. The zero-order valence-electron chi connectivity index (χ0n) is 7.27. The van der Waals surface area contributed by atoms with Crippen LogP contribution in [0.4, 0.5) is 5.13 Å². The third-order valence-electron chi connectivity index (χ3n) is 0.869. The molecule has 0 aliphatic rings. The molecule has 0 aliphatic heterocycles. The second kappa shape index (κ2) is 12.7. The van der Waals surface area contributed by atoms with Crippen molar-refractivity contribution in [1.29, 1.82) is 0 Å². The van der Waals surface area contributed by atoms with Crippen LogP contribution in [0.5, 0.6) is 0 Å². The van der Waals surface area contributed by atoms with E-state index in [-0.39, 0.29) is 65.4 Å². The first-order valence-corrected chi connectivity index (χ1v) is 7.39. The molecule has 0 amide bonds. The van der Waals surface area contributed by atoms with Gasteiger partial charge in [-0.3, -0.25) is 9.13 Å². The van der Waals surface area contributed by atoms with Gasteiger partial charge in [0.15, 0.2) is 5.13 Å². The summed E-state index contributed by atoms with van der Waals surface area (Å²) < 4.78 is 19.1. The Hall–Kier alpha value is 1.73. The van der Waals surface area contributed by atoms with Crippen molar-refractivity contribution in [3.05, 3.63) is 11.6 Å². The van der Waals surface area contributed by atoms with Gasteiger partial charge in [-0.25, -0.2) is 4.98 Å². The molecule has 1 aromatic rings. The molecule has 0 atom stereocenters. The Morgan fingerprint density at radius 3 is 2.18 bits per heavy atom. The molecule has 0 saturated heterocycles. The monoisotopic (exact) mass is 324 g/mol. The molecule has 13 heteroatoms. The number of rotatable bonds is 3. The van der Waals surface area contributed by atoms with E-state index in [9.17, 15) is 4.57 Å². The Morgan fingerprint density at radius 1 is 1.41 bits per heavy atom. The third kappa shape index (κ3) is 20.2. The first kappa shape index (κ1) is 23.8. The molecule has 0 radical (unpaired) electrons. The maximum absolute atomic E-state index is 10.3. The Kier molecular flexibility index (Phi) is 17.8. The molecule has 0 aliphatic carbocycles. The van der Waals surface area contributed by atoms with Gasteiger partial charge in [0, 0.05) is 11.6 Å². The van der Waals surface area contributed by atoms with Crippen molar-refractivity contribution in [3.63, 3.8) is 0 Å². The summed E-state index contributed by atoms with van der Waals surface area (Å²) in [6.45, 7) is 0. The van der Waals surface area contributed by atoms with E-state index >= 15 is 0 Å². The number of aromatic nitrogens is 1. The number of anilines is 1. The van der Waals surface area contributed by atoms with Gasteiger partial charge in [-0.1, -0.05) is 0 Å². The molecule has 0 aromatic carbocycles. The van der Waals surface area contributed by atoms with Gasteiger partial charge in [0.05, 0.1) is 0 Å². The van der Waals surface area contributed by atoms with E-state index in [4.69, 9.17) is 24.1 Å². The predicted octanol–water partition coefficient (Wildman–Crippen LogP) is -1.25. The van der Waals surface area contributed by atoms with E-state index in [0.29, 0.717) is 5.13 Å². The summed E-state index contributed by atoms with van der Waals surface area (Å²) in [5.41, 5.74) is 0. The van der Waals surface area contributed by atoms with Gasteiger partial charge >= 0.3 is 75.0 Å². The van der Waals surface area contributed by atoms with Crippen molar-refractivity contribution in [2.45, 2.75) is 0 Å². The molecular weight excluding hydrogens is 312 g/mol. The summed E-state index contributed by atoms with van der Waals surface area (Å²) in [4.78, 5) is 35.0. The Morgan fingerprint density at radius 2 is 1.88 bits per heavy atom. The summed E-state index contributed by atoms with van der Waals surface area (Å²) >= 11 is 1.30. The molecule has 1 aromatic heterocycles.